The van der Waals surface area contributed by atoms with Gasteiger partial charge in [0.15, 0.2) is 0 Å². The van der Waals surface area contributed by atoms with Crippen LogP contribution < -0.4 is 0 Å². The molecule has 0 radical (unpaired) electrons. The Kier molecular flexibility index (Phi) is 3.26. The average Bonchev–Trinajstić information content (AvgIpc) is 2.96. The van der Waals surface area contributed by atoms with E-state index in [1.165, 1.54) is 7.11 Å². The summed E-state index contributed by atoms with van der Waals surface area (Å²) in [7, 11) is 1.39. The Hall–Kier alpha value is -1.62. The molecule has 0 amide bonds. The topological polar surface area (TPSA) is 55.0 Å². The fourth-order valence-corrected chi connectivity index (χ4v) is 2.53. The van der Waals surface area contributed by atoms with Crippen LogP contribution in [0, 0.1) is 6.92 Å². The number of imidazole rings is 1. The van der Waals surface area contributed by atoms with Crippen molar-refractivity contribution >= 4 is 17.3 Å². The van der Waals surface area contributed by atoms with Gasteiger partial charge in [-0.2, -0.15) is 0 Å². The largest absolute Gasteiger partial charge is 0.468 e. The third-order valence-corrected chi connectivity index (χ3v) is 3.80. The molecule has 0 unspecified atom stereocenters. The molecule has 0 saturated heterocycles. The number of ether oxygens (including phenoxy) is 1. The summed E-state index contributed by atoms with van der Waals surface area (Å²) in [5, 5.41) is 2.01. The Morgan fingerprint density at radius 1 is 1.50 bits per heavy atom. The van der Waals surface area contributed by atoms with Crippen molar-refractivity contribution in [3.8, 4) is 10.6 Å². The molecule has 0 bridgehead atoms. The SMILES string of the molecule is COC(=O)C(C)(C)c1nc(-c2cccs2)c(C)[nH]1. The number of aromatic amines is 1. The molecular weight excluding hydrogens is 248 g/mol. The summed E-state index contributed by atoms with van der Waals surface area (Å²) in [6.45, 7) is 5.56. The number of hydrogen-bond donors (Lipinski definition) is 1. The summed E-state index contributed by atoms with van der Waals surface area (Å²) in [5.74, 6) is 0.337. The second-order valence-corrected chi connectivity index (χ2v) is 5.60. The molecule has 96 valence electrons. The van der Waals surface area contributed by atoms with Crippen molar-refractivity contribution in [1.29, 1.82) is 0 Å². The predicted octanol–water partition coefficient (Wildman–Crippen LogP) is 2.90. The highest BCUT2D eigenvalue weighted by Gasteiger charge is 2.34. The van der Waals surface area contributed by atoms with Gasteiger partial charge in [-0.15, -0.1) is 11.3 Å². The van der Waals surface area contributed by atoms with E-state index in [2.05, 4.69) is 9.97 Å². The Bertz CT molecular complexity index is 556. The molecule has 0 spiro atoms. The van der Waals surface area contributed by atoms with Crippen LogP contribution in [0.5, 0.6) is 0 Å². The molecule has 2 rings (SSSR count). The number of methoxy groups -OCH3 is 1. The van der Waals surface area contributed by atoms with Gasteiger partial charge in [-0.25, -0.2) is 4.98 Å². The maximum Gasteiger partial charge on any atom is 0.318 e. The second kappa shape index (κ2) is 4.57. The zero-order valence-corrected chi connectivity index (χ0v) is 11.7. The van der Waals surface area contributed by atoms with Crippen molar-refractivity contribution in [2.24, 2.45) is 0 Å². The fourth-order valence-electron chi connectivity index (χ4n) is 1.76. The predicted molar refractivity (Wildman–Crippen MR) is 71.7 cm³/mol. The van der Waals surface area contributed by atoms with Gasteiger partial charge < -0.3 is 9.72 Å². The molecule has 2 heterocycles. The molecule has 4 nitrogen and oxygen atoms in total. The lowest BCUT2D eigenvalue weighted by Crippen LogP contribution is -2.31. The van der Waals surface area contributed by atoms with Crippen LogP contribution in [0.1, 0.15) is 25.4 Å². The van der Waals surface area contributed by atoms with Gasteiger partial charge in [0.25, 0.3) is 0 Å². The van der Waals surface area contributed by atoms with Crippen molar-refractivity contribution < 1.29 is 9.53 Å². The van der Waals surface area contributed by atoms with E-state index in [-0.39, 0.29) is 5.97 Å². The number of hydrogen-bond acceptors (Lipinski definition) is 4. The fraction of sp³-hybridized carbons (Fsp3) is 0.385. The van der Waals surface area contributed by atoms with Gasteiger partial charge in [0, 0.05) is 5.69 Å². The smallest absolute Gasteiger partial charge is 0.318 e. The lowest BCUT2D eigenvalue weighted by Gasteiger charge is -2.18. The van der Waals surface area contributed by atoms with Crippen molar-refractivity contribution in [3.05, 3.63) is 29.0 Å². The number of carbonyl (C=O) groups excluding carboxylic acids is 1. The minimum Gasteiger partial charge on any atom is -0.468 e. The second-order valence-electron chi connectivity index (χ2n) is 4.65. The summed E-state index contributed by atoms with van der Waals surface area (Å²) >= 11 is 1.63. The van der Waals surface area contributed by atoms with Crippen molar-refractivity contribution in [3.63, 3.8) is 0 Å². The number of esters is 1. The van der Waals surface area contributed by atoms with E-state index in [4.69, 9.17) is 4.74 Å². The number of nitrogens with zero attached hydrogens (tertiary/aromatic N) is 1. The number of thiophene rings is 1. The number of carbonyl (C=O) groups is 1. The molecule has 5 heteroatoms. The summed E-state index contributed by atoms with van der Waals surface area (Å²) < 4.78 is 4.81. The molecule has 0 atom stereocenters. The van der Waals surface area contributed by atoms with E-state index in [1.54, 1.807) is 25.2 Å². The minimum absolute atomic E-state index is 0.297. The molecule has 0 aliphatic carbocycles. The van der Waals surface area contributed by atoms with Crippen LogP contribution >= 0.6 is 11.3 Å². The van der Waals surface area contributed by atoms with Crippen LogP contribution in [0.2, 0.25) is 0 Å². The minimum atomic E-state index is -0.769. The highest BCUT2D eigenvalue weighted by Crippen LogP contribution is 2.30. The monoisotopic (exact) mass is 264 g/mol. The zero-order valence-electron chi connectivity index (χ0n) is 10.9. The van der Waals surface area contributed by atoms with Crippen molar-refractivity contribution in [1.82, 2.24) is 9.97 Å². The number of nitrogens with one attached hydrogen (secondary N) is 1. The molecule has 0 aliphatic rings. The molecule has 0 aliphatic heterocycles. The van der Waals surface area contributed by atoms with Gasteiger partial charge >= 0.3 is 5.97 Å². The summed E-state index contributed by atoms with van der Waals surface area (Å²) in [5.41, 5.74) is 1.09. The summed E-state index contributed by atoms with van der Waals surface area (Å²) in [6, 6.07) is 4.00. The van der Waals surface area contributed by atoms with E-state index < -0.39 is 5.41 Å². The maximum atomic E-state index is 11.8. The number of rotatable bonds is 3. The van der Waals surface area contributed by atoms with Crippen molar-refractivity contribution in [2.45, 2.75) is 26.2 Å². The molecular formula is C13H16N2O2S. The first kappa shape index (κ1) is 12.8. The van der Waals surface area contributed by atoms with Gasteiger partial charge in [-0.3, -0.25) is 4.79 Å². The highest BCUT2D eigenvalue weighted by atomic mass is 32.1. The molecule has 2 aromatic rings. The Labute approximate surface area is 110 Å². The Balaban J connectivity index is 2.44. The quantitative estimate of drug-likeness (QED) is 0.867. The molecule has 0 aromatic carbocycles. The van der Waals surface area contributed by atoms with Crippen LogP contribution in [-0.2, 0) is 14.9 Å². The first-order valence-corrected chi connectivity index (χ1v) is 6.54. The van der Waals surface area contributed by atoms with Crippen molar-refractivity contribution in [2.75, 3.05) is 7.11 Å². The maximum absolute atomic E-state index is 11.8. The Morgan fingerprint density at radius 3 is 2.78 bits per heavy atom. The average molecular weight is 264 g/mol. The highest BCUT2D eigenvalue weighted by molar-refractivity contribution is 7.13. The molecule has 0 saturated carbocycles. The standard InChI is InChI=1S/C13H16N2O2S/c1-8-10(9-6-5-7-18-9)15-11(14-8)13(2,3)12(16)17-4/h5-7H,1-4H3,(H,14,15). The third kappa shape index (κ3) is 2.06. The van der Waals surface area contributed by atoms with Crippen LogP contribution in [0.4, 0.5) is 0 Å². The normalized spacial score (nSPS) is 11.6. The molecule has 2 aromatic heterocycles. The lowest BCUT2D eigenvalue weighted by molar-refractivity contribution is -0.146. The zero-order chi connectivity index (χ0) is 13.3. The third-order valence-electron chi connectivity index (χ3n) is 2.93. The van der Waals surface area contributed by atoms with Crippen LogP contribution in [0.15, 0.2) is 17.5 Å². The Morgan fingerprint density at radius 2 is 2.22 bits per heavy atom. The van der Waals surface area contributed by atoms with Gasteiger partial charge in [0.2, 0.25) is 0 Å². The summed E-state index contributed by atoms with van der Waals surface area (Å²) in [6.07, 6.45) is 0. The van der Waals surface area contributed by atoms with E-state index in [0.717, 1.165) is 16.3 Å². The lowest BCUT2D eigenvalue weighted by atomic mass is 9.93. The van der Waals surface area contributed by atoms with Crippen LogP contribution in [0.25, 0.3) is 10.6 Å². The van der Waals surface area contributed by atoms with E-state index in [0.29, 0.717) is 5.82 Å². The van der Waals surface area contributed by atoms with E-state index in [1.807, 2.05) is 24.4 Å². The first-order valence-electron chi connectivity index (χ1n) is 5.66. The number of aromatic nitrogens is 2. The number of aryl methyl sites for hydroxylation is 1. The van der Waals surface area contributed by atoms with Crippen LogP contribution in [0.3, 0.4) is 0 Å². The van der Waals surface area contributed by atoms with Gasteiger partial charge in [-0.05, 0) is 32.2 Å². The van der Waals surface area contributed by atoms with E-state index in [9.17, 15) is 4.79 Å². The van der Waals surface area contributed by atoms with E-state index >= 15 is 0 Å². The molecule has 0 fully saturated rings. The van der Waals surface area contributed by atoms with Gasteiger partial charge in [0.1, 0.15) is 16.9 Å². The number of H-pyrrole nitrogens is 1. The van der Waals surface area contributed by atoms with Crippen LogP contribution in [-0.4, -0.2) is 23.0 Å². The first-order chi connectivity index (χ1) is 8.46. The molecule has 1 N–H and O–H groups in total. The molecule has 18 heavy (non-hydrogen) atoms. The summed E-state index contributed by atoms with van der Waals surface area (Å²) in [4.78, 5) is 20.6. The van der Waals surface area contributed by atoms with Gasteiger partial charge in [-0.1, -0.05) is 6.07 Å². The van der Waals surface area contributed by atoms with Gasteiger partial charge in [0.05, 0.1) is 12.0 Å².